The lowest BCUT2D eigenvalue weighted by Crippen LogP contribution is -2.01. The van der Waals surface area contributed by atoms with E-state index in [1.165, 1.54) is 17.7 Å². The van der Waals surface area contributed by atoms with Crippen LogP contribution < -0.4 is 5.43 Å². The van der Waals surface area contributed by atoms with Crippen molar-refractivity contribution >= 4 is 11.6 Å². The molecule has 0 saturated heterocycles. The number of halogens is 1. The number of aromatic nitrogens is 1. The molecule has 58 valence electrons. The van der Waals surface area contributed by atoms with Crippen molar-refractivity contribution in [2.45, 2.75) is 6.54 Å². The fourth-order valence-corrected chi connectivity index (χ4v) is 0.807. The van der Waals surface area contributed by atoms with E-state index in [1.54, 1.807) is 18.5 Å². The van der Waals surface area contributed by atoms with Gasteiger partial charge in [-0.3, -0.25) is 4.79 Å². The smallest absolute Gasteiger partial charge is 0.181 e. The van der Waals surface area contributed by atoms with Gasteiger partial charge >= 0.3 is 0 Å². The molecule has 0 N–H and O–H groups in total. The van der Waals surface area contributed by atoms with Gasteiger partial charge in [0, 0.05) is 36.6 Å². The average molecular weight is 170 g/mol. The van der Waals surface area contributed by atoms with Crippen molar-refractivity contribution in [3.8, 4) is 0 Å². The highest BCUT2D eigenvalue weighted by Crippen LogP contribution is 1.87. The van der Waals surface area contributed by atoms with Crippen LogP contribution in [0.25, 0.3) is 0 Å². The van der Waals surface area contributed by atoms with Crippen LogP contribution in [-0.4, -0.2) is 4.57 Å². The Morgan fingerprint density at radius 2 is 2.09 bits per heavy atom. The largest absolute Gasteiger partial charge is 0.350 e. The predicted molar refractivity (Wildman–Crippen MR) is 45.7 cm³/mol. The number of hydrogen-bond donors (Lipinski definition) is 0. The molecule has 0 saturated carbocycles. The van der Waals surface area contributed by atoms with Gasteiger partial charge in [0.1, 0.15) is 0 Å². The predicted octanol–water partition coefficient (Wildman–Crippen LogP) is 1.60. The van der Waals surface area contributed by atoms with Crippen LogP contribution >= 0.6 is 11.6 Å². The molecule has 3 heteroatoms. The summed E-state index contributed by atoms with van der Waals surface area (Å²) in [7, 11) is 0. The molecular weight excluding hydrogens is 162 g/mol. The summed E-state index contributed by atoms with van der Waals surface area (Å²) in [5.41, 5.74) is 1.48. The number of hydrogen-bond acceptors (Lipinski definition) is 1. The summed E-state index contributed by atoms with van der Waals surface area (Å²) in [6.45, 7) is 0.698. The Balaban J connectivity index is 2.74. The molecule has 0 unspecified atom stereocenters. The minimum Gasteiger partial charge on any atom is -0.350 e. The van der Waals surface area contributed by atoms with E-state index in [9.17, 15) is 4.79 Å². The van der Waals surface area contributed by atoms with Crippen LogP contribution in [0.2, 0.25) is 0 Å². The van der Waals surface area contributed by atoms with E-state index in [-0.39, 0.29) is 5.43 Å². The number of pyridine rings is 1. The number of rotatable bonds is 2. The Morgan fingerprint density at radius 3 is 2.64 bits per heavy atom. The van der Waals surface area contributed by atoms with Crippen molar-refractivity contribution in [1.82, 2.24) is 4.57 Å². The van der Waals surface area contributed by atoms with Gasteiger partial charge in [-0.1, -0.05) is 17.7 Å². The summed E-state index contributed by atoms with van der Waals surface area (Å²) in [6.07, 6.45) is 5.24. The first-order valence-corrected chi connectivity index (χ1v) is 3.68. The van der Waals surface area contributed by atoms with Crippen molar-refractivity contribution < 1.29 is 0 Å². The maximum absolute atomic E-state index is 10.6. The molecule has 0 fully saturated rings. The zero-order valence-electron chi connectivity index (χ0n) is 5.90. The van der Waals surface area contributed by atoms with Gasteiger partial charge in [0.15, 0.2) is 5.43 Å². The first-order valence-electron chi connectivity index (χ1n) is 3.24. The molecule has 1 aromatic heterocycles. The van der Waals surface area contributed by atoms with Crippen LogP contribution in [0.15, 0.2) is 40.9 Å². The second-order valence-corrected chi connectivity index (χ2v) is 2.34. The van der Waals surface area contributed by atoms with Crippen LogP contribution in [-0.2, 0) is 6.54 Å². The fraction of sp³-hybridized carbons (Fsp3) is 0.125. The Labute approximate surface area is 69.7 Å². The van der Waals surface area contributed by atoms with Crippen molar-refractivity contribution in [3.63, 3.8) is 0 Å². The van der Waals surface area contributed by atoms with Gasteiger partial charge in [-0.2, -0.15) is 0 Å². The van der Waals surface area contributed by atoms with E-state index in [0.717, 1.165) is 0 Å². The van der Waals surface area contributed by atoms with E-state index in [4.69, 9.17) is 11.6 Å². The summed E-state index contributed by atoms with van der Waals surface area (Å²) in [5.74, 6) is 0. The lowest BCUT2D eigenvalue weighted by Gasteiger charge is -1.98. The molecule has 0 atom stereocenters. The monoisotopic (exact) mass is 169 g/mol. The average Bonchev–Trinajstić information content (AvgIpc) is 2.04. The first kappa shape index (κ1) is 8.08. The molecule has 0 aliphatic rings. The Hall–Kier alpha value is -1.02. The Kier molecular flexibility index (Phi) is 2.93. The molecule has 0 radical (unpaired) electrons. The molecule has 0 spiro atoms. The van der Waals surface area contributed by atoms with Gasteiger partial charge in [0.25, 0.3) is 0 Å². The highest BCUT2D eigenvalue weighted by molar-refractivity contribution is 6.25. The maximum Gasteiger partial charge on any atom is 0.181 e. The summed E-state index contributed by atoms with van der Waals surface area (Å²) in [4.78, 5) is 10.6. The third kappa shape index (κ3) is 2.60. The SMILES string of the molecule is O=c1ccn(C/C=C/Cl)cc1. The second-order valence-electron chi connectivity index (χ2n) is 2.09. The van der Waals surface area contributed by atoms with E-state index in [1.807, 2.05) is 4.57 Å². The summed E-state index contributed by atoms with van der Waals surface area (Å²) < 4.78 is 1.86. The van der Waals surface area contributed by atoms with E-state index < -0.39 is 0 Å². The van der Waals surface area contributed by atoms with E-state index in [2.05, 4.69) is 0 Å². The quantitative estimate of drug-likeness (QED) is 0.659. The van der Waals surface area contributed by atoms with Crippen LogP contribution in [0.4, 0.5) is 0 Å². The summed E-state index contributed by atoms with van der Waals surface area (Å²) in [6, 6.07) is 3.03. The van der Waals surface area contributed by atoms with Crippen LogP contribution in [0.1, 0.15) is 0 Å². The van der Waals surface area contributed by atoms with Crippen molar-refractivity contribution in [2.75, 3.05) is 0 Å². The molecule has 1 aromatic rings. The molecular formula is C8H8ClNO. The Morgan fingerprint density at radius 1 is 1.45 bits per heavy atom. The molecule has 0 aliphatic carbocycles. The fourth-order valence-electron chi connectivity index (χ4n) is 0.727. The summed E-state index contributed by atoms with van der Waals surface area (Å²) >= 11 is 5.33. The van der Waals surface area contributed by atoms with Crippen LogP contribution in [0.3, 0.4) is 0 Å². The highest BCUT2D eigenvalue weighted by Gasteiger charge is 1.83. The minimum absolute atomic E-state index is 0.0242. The summed E-state index contributed by atoms with van der Waals surface area (Å²) in [5, 5.41) is 0. The zero-order valence-corrected chi connectivity index (χ0v) is 6.66. The van der Waals surface area contributed by atoms with E-state index >= 15 is 0 Å². The molecule has 0 aliphatic heterocycles. The van der Waals surface area contributed by atoms with Gasteiger partial charge in [-0.05, 0) is 0 Å². The molecule has 2 nitrogen and oxygen atoms in total. The maximum atomic E-state index is 10.6. The van der Waals surface area contributed by atoms with Crippen LogP contribution in [0.5, 0.6) is 0 Å². The number of nitrogens with zero attached hydrogens (tertiary/aromatic N) is 1. The molecule has 0 aromatic carbocycles. The molecule has 1 heterocycles. The normalized spacial score (nSPS) is 10.6. The third-order valence-corrected chi connectivity index (χ3v) is 1.44. The molecule has 0 amide bonds. The van der Waals surface area contributed by atoms with Crippen molar-refractivity contribution in [1.29, 1.82) is 0 Å². The first-order chi connectivity index (χ1) is 5.33. The van der Waals surface area contributed by atoms with Gasteiger partial charge < -0.3 is 4.57 Å². The number of allylic oxidation sites excluding steroid dienone is 1. The lowest BCUT2D eigenvalue weighted by molar-refractivity contribution is 0.811. The Bertz CT molecular complexity index is 283. The van der Waals surface area contributed by atoms with Gasteiger partial charge in [0.2, 0.25) is 0 Å². The molecule has 1 rings (SSSR count). The van der Waals surface area contributed by atoms with Crippen LogP contribution in [0, 0.1) is 0 Å². The minimum atomic E-state index is 0.0242. The molecule has 11 heavy (non-hydrogen) atoms. The van der Waals surface area contributed by atoms with Gasteiger partial charge in [0.05, 0.1) is 0 Å². The van der Waals surface area contributed by atoms with Crippen molar-refractivity contribution in [2.24, 2.45) is 0 Å². The topological polar surface area (TPSA) is 22.0 Å². The molecule has 0 bridgehead atoms. The lowest BCUT2D eigenvalue weighted by atomic mass is 10.4. The third-order valence-electron chi connectivity index (χ3n) is 1.27. The zero-order chi connectivity index (χ0) is 8.10. The van der Waals surface area contributed by atoms with Crippen molar-refractivity contribution in [3.05, 3.63) is 46.4 Å². The van der Waals surface area contributed by atoms with E-state index in [0.29, 0.717) is 6.54 Å². The second kappa shape index (κ2) is 3.98. The van der Waals surface area contributed by atoms with Gasteiger partial charge in [-0.15, -0.1) is 0 Å². The highest BCUT2D eigenvalue weighted by atomic mass is 35.5. The standard InChI is InChI=1S/C8H8ClNO/c9-4-1-5-10-6-2-8(11)3-7-10/h1-4,6-7H,5H2/b4-1+. The van der Waals surface area contributed by atoms with Gasteiger partial charge in [-0.25, -0.2) is 0 Å².